The minimum atomic E-state index is 0.0788. The van der Waals surface area contributed by atoms with Crippen LogP contribution in [0, 0.1) is 6.92 Å². The number of hydrogen-bond acceptors (Lipinski definition) is 7. The highest BCUT2D eigenvalue weighted by atomic mass is 16.5. The van der Waals surface area contributed by atoms with Gasteiger partial charge in [-0.1, -0.05) is 17.7 Å². The van der Waals surface area contributed by atoms with Gasteiger partial charge in [-0.2, -0.15) is 0 Å². The number of benzene rings is 2. The number of piperazine rings is 1. The molecule has 0 spiro atoms. The van der Waals surface area contributed by atoms with Crippen molar-refractivity contribution in [3.63, 3.8) is 0 Å². The van der Waals surface area contributed by atoms with Crippen molar-refractivity contribution in [1.82, 2.24) is 20.0 Å². The zero-order valence-corrected chi connectivity index (χ0v) is 18.7. The third-order valence-electron chi connectivity index (χ3n) is 5.92. The molecule has 7 nitrogen and oxygen atoms in total. The van der Waals surface area contributed by atoms with Gasteiger partial charge in [0, 0.05) is 43.9 Å². The van der Waals surface area contributed by atoms with Crippen LogP contribution in [0.15, 0.2) is 46.9 Å². The average molecular weight is 423 g/mol. The van der Waals surface area contributed by atoms with Crippen LogP contribution in [0.2, 0.25) is 0 Å². The van der Waals surface area contributed by atoms with Crippen LogP contribution < -0.4 is 9.47 Å². The maximum absolute atomic E-state index is 5.99. The fraction of sp³-hybridized carbons (Fsp3) is 0.417. The molecule has 3 aromatic rings. The molecule has 0 radical (unpaired) electrons. The Bertz CT molecular complexity index is 994. The van der Waals surface area contributed by atoms with Crippen molar-refractivity contribution in [3.8, 4) is 23.0 Å². The summed E-state index contributed by atoms with van der Waals surface area (Å²) in [6.45, 7) is 9.03. The normalized spacial score (nSPS) is 16.3. The first-order chi connectivity index (χ1) is 15.1. The summed E-state index contributed by atoms with van der Waals surface area (Å²) in [5.41, 5.74) is 3.39. The average Bonchev–Trinajstić information content (AvgIpc) is 3.30. The Morgan fingerprint density at radius 2 is 1.71 bits per heavy atom. The number of aryl methyl sites for hydroxylation is 1. The predicted octanol–water partition coefficient (Wildman–Crippen LogP) is 3.94. The summed E-state index contributed by atoms with van der Waals surface area (Å²) in [6.07, 6.45) is 0. The molecule has 1 fully saturated rings. The van der Waals surface area contributed by atoms with Crippen molar-refractivity contribution in [2.75, 3.05) is 40.4 Å². The molecule has 0 bridgehead atoms. The number of aromatic nitrogens is 2. The molecule has 2 aromatic carbocycles. The molecule has 0 amide bonds. The SMILES string of the molecule is COc1ccc(-c2nnc([C@H](C)N3CCN(Cc4cc(C)ccc4OC)CC3)o2)cc1. The van der Waals surface area contributed by atoms with Crippen molar-refractivity contribution in [2.45, 2.75) is 26.4 Å². The van der Waals surface area contributed by atoms with Crippen molar-refractivity contribution in [1.29, 1.82) is 0 Å². The van der Waals surface area contributed by atoms with Crippen LogP contribution in [0.1, 0.15) is 30.0 Å². The van der Waals surface area contributed by atoms with E-state index < -0.39 is 0 Å². The molecule has 1 saturated heterocycles. The number of ether oxygens (including phenoxy) is 2. The van der Waals surface area contributed by atoms with Gasteiger partial charge in [0.25, 0.3) is 0 Å². The number of rotatable bonds is 7. The van der Waals surface area contributed by atoms with E-state index >= 15 is 0 Å². The predicted molar refractivity (Wildman–Crippen MR) is 119 cm³/mol. The van der Waals surface area contributed by atoms with Gasteiger partial charge in [-0.05, 0) is 44.2 Å². The van der Waals surface area contributed by atoms with Crippen LogP contribution in [0.25, 0.3) is 11.5 Å². The molecule has 0 saturated carbocycles. The topological polar surface area (TPSA) is 63.9 Å². The molecule has 164 valence electrons. The number of methoxy groups -OCH3 is 2. The second kappa shape index (κ2) is 9.49. The Morgan fingerprint density at radius 1 is 0.968 bits per heavy atom. The zero-order valence-electron chi connectivity index (χ0n) is 18.7. The molecule has 4 rings (SSSR count). The van der Waals surface area contributed by atoms with Gasteiger partial charge in [0.05, 0.1) is 20.3 Å². The van der Waals surface area contributed by atoms with E-state index in [1.54, 1.807) is 14.2 Å². The molecule has 1 atom stereocenters. The molecule has 1 aliphatic rings. The lowest BCUT2D eigenvalue weighted by molar-refractivity contribution is 0.0871. The van der Waals surface area contributed by atoms with E-state index in [9.17, 15) is 0 Å². The molecule has 0 aliphatic carbocycles. The summed E-state index contributed by atoms with van der Waals surface area (Å²) >= 11 is 0. The Balaban J connectivity index is 1.36. The van der Waals surface area contributed by atoms with E-state index in [2.05, 4.69) is 52.0 Å². The molecule has 1 aromatic heterocycles. The summed E-state index contributed by atoms with van der Waals surface area (Å²) in [5, 5.41) is 8.56. The molecule has 31 heavy (non-hydrogen) atoms. The van der Waals surface area contributed by atoms with E-state index in [-0.39, 0.29) is 6.04 Å². The van der Waals surface area contributed by atoms with Gasteiger partial charge >= 0.3 is 0 Å². The summed E-state index contributed by atoms with van der Waals surface area (Å²) in [6, 6.07) is 14.1. The van der Waals surface area contributed by atoms with Gasteiger partial charge in [-0.15, -0.1) is 10.2 Å². The maximum atomic E-state index is 5.99. The van der Waals surface area contributed by atoms with E-state index in [0.29, 0.717) is 11.8 Å². The van der Waals surface area contributed by atoms with Crippen LogP contribution in [0.5, 0.6) is 11.5 Å². The fourth-order valence-electron chi connectivity index (χ4n) is 3.99. The molecule has 7 heteroatoms. The van der Waals surface area contributed by atoms with Gasteiger partial charge < -0.3 is 13.9 Å². The lowest BCUT2D eigenvalue weighted by Gasteiger charge is -2.37. The fourth-order valence-corrected chi connectivity index (χ4v) is 3.99. The highest BCUT2D eigenvalue weighted by Crippen LogP contribution is 2.27. The Hall–Kier alpha value is -2.90. The molecule has 2 heterocycles. The molecule has 1 aliphatic heterocycles. The minimum Gasteiger partial charge on any atom is -0.497 e. The monoisotopic (exact) mass is 422 g/mol. The van der Waals surface area contributed by atoms with Crippen molar-refractivity contribution < 1.29 is 13.9 Å². The molecule has 0 N–H and O–H groups in total. The van der Waals surface area contributed by atoms with E-state index in [4.69, 9.17) is 13.9 Å². The van der Waals surface area contributed by atoms with Gasteiger partial charge in [0.2, 0.25) is 11.8 Å². The number of nitrogens with zero attached hydrogens (tertiary/aromatic N) is 4. The van der Waals surface area contributed by atoms with Gasteiger partial charge in [-0.25, -0.2) is 0 Å². The highest BCUT2D eigenvalue weighted by molar-refractivity contribution is 5.54. The quantitative estimate of drug-likeness (QED) is 0.571. The first-order valence-electron chi connectivity index (χ1n) is 10.6. The summed E-state index contributed by atoms with van der Waals surface area (Å²) in [5.74, 6) is 2.95. The molecular weight excluding hydrogens is 392 g/mol. The van der Waals surface area contributed by atoms with Gasteiger partial charge in [0.1, 0.15) is 11.5 Å². The van der Waals surface area contributed by atoms with Crippen LogP contribution in [0.4, 0.5) is 0 Å². The summed E-state index contributed by atoms with van der Waals surface area (Å²) < 4.78 is 16.7. The second-order valence-electron chi connectivity index (χ2n) is 7.98. The standard InChI is InChI=1S/C24H30N4O3/c1-17-5-10-22(30-4)20(15-17)16-27-11-13-28(14-12-27)18(2)23-25-26-24(31-23)19-6-8-21(29-3)9-7-19/h5-10,15,18H,11-14,16H2,1-4H3/t18-/m0/s1. The zero-order chi connectivity index (χ0) is 21.8. The van der Waals surface area contributed by atoms with Gasteiger partial charge in [0.15, 0.2) is 0 Å². The van der Waals surface area contributed by atoms with Crippen LogP contribution in [-0.4, -0.2) is 60.4 Å². The third kappa shape index (κ3) is 4.89. The lowest BCUT2D eigenvalue weighted by Crippen LogP contribution is -2.46. The summed E-state index contributed by atoms with van der Waals surface area (Å²) in [4.78, 5) is 4.87. The third-order valence-corrected chi connectivity index (χ3v) is 5.92. The second-order valence-corrected chi connectivity index (χ2v) is 7.98. The van der Waals surface area contributed by atoms with Crippen LogP contribution in [0.3, 0.4) is 0 Å². The molecular formula is C24H30N4O3. The molecule has 0 unspecified atom stereocenters. The number of hydrogen-bond donors (Lipinski definition) is 0. The minimum absolute atomic E-state index is 0.0788. The largest absolute Gasteiger partial charge is 0.497 e. The summed E-state index contributed by atoms with van der Waals surface area (Å²) in [7, 11) is 3.39. The van der Waals surface area contributed by atoms with Crippen molar-refractivity contribution in [3.05, 3.63) is 59.5 Å². The Morgan fingerprint density at radius 3 is 2.39 bits per heavy atom. The van der Waals surface area contributed by atoms with Crippen molar-refractivity contribution >= 4 is 0 Å². The maximum Gasteiger partial charge on any atom is 0.247 e. The van der Waals surface area contributed by atoms with Crippen LogP contribution >= 0.6 is 0 Å². The Kier molecular flexibility index (Phi) is 6.53. The van der Waals surface area contributed by atoms with Gasteiger partial charge in [-0.3, -0.25) is 9.80 Å². The van der Waals surface area contributed by atoms with E-state index in [1.807, 2.05) is 24.3 Å². The Labute approximate surface area is 183 Å². The highest BCUT2D eigenvalue weighted by Gasteiger charge is 2.26. The first kappa shape index (κ1) is 21.3. The van der Waals surface area contributed by atoms with Crippen molar-refractivity contribution in [2.24, 2.45) is 0 Å². The smallest absolute Gasteiger partial charge is 0.247 e. The van der Waals surface area contributed by atoms with E-state index in [1.165, 1.54) is 11.1 Å². The van der Waals surface area contributed by atoms with Crippen LogP contribution in [-0.2, 0) is 6.54 Å². The van der Waals surface area contributed by atoms with E-state index in [0.717, 1.165) is 49.8 Å². The first-order valence-corrected chi connectivity index (χ1v) is 10.6. The lowest BCUT2D eigenvalue weighted by atomic mass is 10.1.